The molecular weight excluding hydrogens is 239 g/mol. The Morgan fingerprint density at radius 2 is 1.90 bits per heavy atom. The van der Waals surface area contributed by atoms with Crippen molar-refractivity contribution in [3.8, 4) is 0 Å². The van der Waals surface area contributed by atoms with Gasteiger partial charge in [-0.15, -0.1) is 0 Å². The van der Waals surface area contributed by atoms with Gasteiger partial charge >= 0.3 is 0 Å². The van der Waals surface area contributed by atoms with Crippen LogP contribution >= 0.6 is 22.6 Å². The smallest absolute Gasteiger partial charge is 0.159 e. The first-order valence-corrected chi connectivity index (χ1v) is 4.62. The van der Waals surface area contributed by atoms with Gasteiger partial charge in [-0.25, -0.2) is 0 Å². The van der Waals surface area contributed by atoms with Crippen molar-refractivity contribution in [2.75, 3.05) is 0 Å². The van der Waals surface area contributed by atoms with E-state index in [0.29, 0.717) is 3.42 Å². The molecular formula is C7H13IN2. The summed E-state index contributed by atoms with van der Waals surface area (Å²) < 4.78 is 0.397. The monoisotopic (exact) mass is 252 g/mol. The predicted molar refractivity (Wildman–Crippen MR) is 50.6 cm³/mol. The first kappa shape index (κ1) is 8.43. The maximum Gasteiger partial charge on any atom is 0.188 e. The first-order valence-electron chi connectivity index (χ1n) is 3.54. The molecule has 10 heavy (non-hydrogen) atoms. The van der Waals surface area contributed by atoms with Crippen molar-refractivity contribution >= 4 is 22.6 Å². The highest BCUT2D eigenvalue weighted by molar-refractivity contribution is 14.1. The lowest BCUT2D eigenvalue weighted by Gasteiger charge is -2.16. The summed E-state index contributed by atoms with van der Waals surface area (Å²) in [6, 6.07) is 0. The van der Waals surface area contributed by atoms with Gasteiger partial charge < -0.3 is 0 Å². The Labute approximate surface area is 75.6 Å². The Morgan fingerprint density at radius 1 is 1.40 bits per heavy atom. The minimum Gasteiger partial charge on any atom is -0.159 e. The average Bonchev–Trinajstić information content (AvgIpc) is 2.43. The molecule has 0 fully saturated rings. The van der Waals surface area contributed by atoms with Crippen molar-refractivity contribution in [1.82, 2.24) is 0 Å². The minimum absolute atomic E-state index is 0.00242. The summed E-state index contributed by atoms with van der Waals surface area (Å²) in [4.78, 5) is 0. The standard InChI is InChI=1S/C7H13IN2/c1-6(2,8)4-5-7(3)9-10-7/h4-5H2,1-3H3. The SMILES string of the molecule is CC(C)(I)CCC1(C)N=N1. The fraction of sp³-hybridized carbons (Fsp3) is 1.00. The summed E-state index contributed by atoms with van der Waals surface area (Å²) in [6.07, 6.45) is 2.29. The molecule has 2 nitrogen and oxygen atoms in total. The highest BCUT2D eigenvalue weighted by Gasteiger charge is 2.34. The fourth-order valence-corrected chi connectivity index (χ4v) is 0.989. The molecule has 0 atom stereocenters. The van der Waals surface area contributed by atoms with E-state index < -0.39 is 0 Å². The van der Waals surface area contributed by atoms with Crippen LogP contribution < -0.4 is 0 Å². The minimum atomic E-state index is 0.00242. The zero-order valence-corrected chi connectivity index (χ0v) is 8.84. The molecule has 0 N–H and O–H groups in total. The highest BCUT2D eigenvalue weighted by atomic mass is 127. The van der Waals surface area contributed by atoms with Gasteiger partial charge in [-0.2, -0.15) is 10.2 Å². The van der Waals surface area contributed by atoms with Crippen LogP contribution in [0.25, 0.3) is 0 Å². The number of alkyl halides is 1. The molecule has 0 unspecified atom stereocenters. The Kier molecular flexibility index (Phi) is 2.05. The second-order valence-electron chi connectivity index (χ2n) is 3.64. The van der Waals surface area contributed by atoms with Gasteiger partial charge in [0, 0.05) is 3.42 Å². The van der Waals surface area contributed by atoms with Crippen molar-refractivity contribution in [3.63, 3.8) is 0 Å². The lowest BCUT2D eigenvalue weighted by molar-refractivity contribution is 0.523. The van der Waals surface area contributed by atoms with Crippen LogP contribution in [-0.2, 0) is 0 Å². The summed E-state index contributed by atoms with van der Waals surface area (Å²) in [7, 11) is 0. The van der Waals surface area contributed by atoms with E-state index in [0.717, 1.165) is 6.42 Å². The maximum absolute atomic E-state index is 3.96. The van der Waals surface area contributed by atoms with Crippen LogP contribution in [0, 0.1) is 0 Å². The van der Waals surface area contributed by atoms with Gasteiger partial charge in [0.05, 0.1) is 0 Å². The van der Waals surface area contributed by atoms with E-state index in [1.165, 1.54) is 6.42 Å². The Bertz CT molecular complexity index is 146. The van der Waals surface area contributed by atoms with Gasteiger partial charge in [0.25, 0.3) is 0 Å². The van der Waals surface area contributed by atoms with E-state index in [-0.39, 0.29) is 5.66 Å². The molecule has 0 aromatic heterocycles. The Morgan fingerprint density at radius 3 is 2.20 bits per heavy atom. The largest absolute Gasteiger partial charge is 0.188 e. The summed E-state index contributed by atoms with van der Waals surface area (Å²) >= 11 is 2.46. The van der Waals surface area contributed by atoms with Crippen molar-refractivity contribution in [1.29, 1.82) is 0 Å². The highest BCUT2D eigenvalue weighted by Crippen LogP contribution is 2.36. The lowest BCUT2D eigenvalue weighted by Crippen LogP contribution is -2.14. The molecule has 0 amide bonds. The molecule has 0 radical (unpaired) electrons. The predicted octanol–water partition coefficient (Wildman–Crippen LogP) is 3.16. The third kappa shape index (κ3) is 2.94. The molecule has 0 saturated carbocycles. The van der Waals surface area contributed by atoms with Crippen LogP contribution in [0.2, 0.25) is 0 Å². The Hall–Kier alpha value is 0.330. The van der Waals surface area contributed by atoms with E-state index in [1.54, 1.807) is 0 Å². The molecule has 0 spiro atoms. The van der Waals surface area contributed by atoms with Gasteiger partial charge in [0.2, 0.25) is 0 Å². The van der Waals surface area contributed by atoms with E-state index in [4.69, 9.17) is 0 Å². The zero-order valence-electron chi connectivity index (χ0n) is 6.69. The summed E-state index contributed by atoms with van der Waals surface area (Å²) in [5.74, 6) is 0. The second-order valence-corrected chi connectivity index (χ2v) is 6.56. The van der Waals surface area contributed by atoms with Gasteiger partial charge in [-0.05, 0) is 19.8 Å². The van der Waals surface area contributed by atoms with E-state index in [9.17, 15) is 0 Å². The quantitative estimate of drug-likeness (QED) is 0.544. The van der Waals surface area contributed by atoms with E-state index >= 15 is 0 Å². The number of hydrogen-bond donors (Lipinski definition) is 0. The van der Waals surface area contributed by atoms with Gasteiger partial charge in [0.15, 0.2) is 5.66 Å². The van der Waals surface area contributed by atoms with Gasteiger partial charge in [-0.1, -0.05) is 36.4 Å². The number of rotatable bonds is 3. The molecule has 0 aromatic rings. The van der Waals surface area contributed by atoms with Crippen molar-refractivity contribution < 1.29 is 0 Å². The van der Waals surface area contributed by atoms with Crippen LogP contribution in [0.3, 0.4) is 0 Å². The van der Waals surface area contributed by atoms with E-state index in [2.05, 4.69) is 53.6 Å². The van der Waals surface area contributed by atoms with Crippen molar-refractivity contribution in [2.24, 2.45) is 10.2 Å². The molecule has 1 rings (SSSR count). The van der Waals surface area contributed by atoms with Crippen LogP contribution in [0.4, 0.5) is 0 Å². The van der Waals surface area contributed by atoms with Crippen LogP contribution in [0.1, 0.15) is 33.6 Å². The molecule has 58 valence electrons. The number of nitrogens with zero attached hydrogens (tertiary/aromatic N) is 2. The number of hydrogen-bond acceptors (Lipinski definition) is 2. The molecule has 1 aliphatic rings. The summed E-state index contributed by atoms with van der Waals surface area (Å²) in [5, 5.41) is 7.92. The summed E-state index contributed by atoms with van der Waals surface area (Å²) in [6.45, 7) is 6.55. The number of halogens is 1. The maximum atomic E-state index is 3.96. The van der Waals surface area contributed by atoms with Gasteiger partial charge in [-0.3, -0.25) is 0 Å². The Balaban J connectivity index is 2.17. The fourth-order valence-electron chi connectivity index (χ4n) is 0.719. The molecule has 1 aliphatic heterocycles. The molecule has 3 heteroatoms. The molecule has 0 bridgehead atoms. The normalized spacial score (nSPS) is 21.2. The van der Waals surface area contributed by atoms with Crippen LogP contribution in [0.15, 0.2) is 10.2 Å². The first-order chi connectivity index (χ1) is 4.41. The molecule has 0 saturated heterocycles. The van der Waals surface area contributed by atoms with Crippen LogP contribution in [0.5, 0.6) is 0 Å². The van der Waals surface area contributed by atoms with Gasteiger partial charge in [0.1, 0.15) is 0 Å². The topological polar surface area (TPSA) is 24.7 Å². The molecule has 1 heterocycles. The van der Waals surface area contributed by atoms with Crippen molar-refractivity contribution in [2.45, 2.75) is 42.7 Å². The molecule has 0 aliphatic carbocycles. The zero-order chi connectivity index (χ0) is 7.83. The average molecular weight is 252 g/mol. The molecule has 0 aromatic carbocycles. The third-order valence-corrected chi connectivity index (χ3v) is 2.17. The van der Waals surface area contributed by atoms with Crippen LogP contribution in [-0.4, -0.2) is 9.08 Å². The van der Waals surface area contributed by atoms with Crippen molar-refractivity contribution in [3.05, 3.63) is 0 Å². The summed E-state index contributed by atoms with van der Waals surface area (Å²) in [5.41, 5.74) is 0.00242. The second kappa shape index (κ2) is 2.43. The lowest BCUT2D eigenvalue weighted by atomic mass is 10.0. The third-order valence-electron chi connectivity index (χ3n) is 1.63. The van der Waals surface area contributed by atoms with E-state index in [1.807, 2.05) is 0 Å².